The molecule has 4 saturated carbocycles. The van der Waals surface area contributed by atoms with E-state index in [1.807, 2.05) is 11.3 Å². The lowest BCUT2D eigenvalue weighted by Crippen LogP contribution is -2.54. The van der Waals surface area contributed by atoms with Crippen molar-refractivity contribution in [3.8, 4) is 0 Å². The smallest absolute Gasteiger partial charge is 0.0843 e. The van der Waals surface area contributed by atoms with Crippen LogP contribution in [0.3, 0.4) is 0 Å². The summed E-state index contributed by atoms with van der Waals surface area (Å²) in [5, 5.41) is 3.70. The van der Waals surface area contributed by atoms with E-state index in [1.165, 1.54) is 51.7 Å². The minimum atomic E-state index is 0.497. The van der Waals surface area contributed by atoms with E-state index in [1.54, 1.807) is 0 Å². The van der Waals surface area contributed by atoms with Gasteiger partial charge in [-0.2, -0.15) is 0 Å². The SMILES string of the molecule is CNC(c1cc(Br)c(Br)s1)C12CC3CC(CC(C)(C3)C1)C2. The van der Waals surface area contributed by atoms with Crippen LogP contribution in [-0.2, 0) is 0 Å². The first-order chi connectivity index (χ1) is 9.93. The van der Waals surface area contributed by atoms with Gasteiger partial charge in [0.15, 0.2) is 0 Å². The third kappa shape index (κ3) is 2.40. The number of nitrogens with one attached hydrogen (secondary N) is 1. The van der Waals surface area contributed by atoms with Gasteiger partial charge in [-0.1, -0.05) is 6.92 Å². The Morgan fingerprint density at radius 3 is 2.38 bits per heavy atom. The van der Waals surface area contributed by atoms with Crippen LogP contribution < -0.4 is 5.32 Å². The van der Waals surface area contributed by atoms with Crippen molar-refractivity contribution in [3.05, 3.63) is 19.2 Å². The van der Waals surface area contributed by atoms with Crippen LogP contribution >= 0.6 is 43.2 Å². The van der Waals surface area contributed by atoms with Crippen molar-refractivity contribution in [2.45, 2.75) is 51.5 Å². The van der Waals surface area contributed by atoms with Gasteiger partial charge in [0.05, 0.1) is 3.79 Å². The molecule has 1 heterocycles. The summed E-state index contributed by atoms with van der Waals surface area (Å²) in [7, 11) is 2.16. The van der Waals surface area contributed by atoms with E-state index in [0.29, 0.717) is 16.9 Å². The molecule has 1 aromatic rings. The highest BCUT2D eigenvalue weighted by molar-refractivity contribution is 9.13. The largest absolute Gasteiger partial charge is 0.312 e. The van der Waals surface area contributed by atoms with E-state index in [4.69, 9.17) is 0 Å². The minimum absolute atomic E-state index is 0.497. The molecule has 116 valence electrons. The second kappa shape index (κ2) is 5.06. The maximum Gasteiger partial charge on any atom is 0.0843 e. The van der Waals surface area contributed by atoms with E-state index < -0.39 is 0 Å². The number of thiophene rings is 1. The van der Waals surface area contributed by atoms with Crippen LogP contribution in [0.1, 0.15) is 56.4 Å². The molecule has 21 heavy (non-hydrogen) atoms. The molecular weight excluding hydrogens is 410 g/mol. The predicted octanol–water partition coefficient (Wildman–Crippen LogP) is 6.14. The Kier molecular flexibility index (Phi) is 3.65. The maximum absolute atomic E-state index is 3.70. The molecule has 0 saturated heterocycles. The molecule has 1 nitrogen and oxygen atoms in total. The predicted molar refractivity (Wildman–Crippen MR) is 96.7 cm³/mol. The molecule has 4 aliphatic rings. The maximum atomic E-state index is 3.70. The van der Waals surface area contributed by atoms with Crippen molar-refractivity contribution in [1.82, 2.24) is 5.32 Å². The Labute approximate surface area is 148 Å². The number of rotatable bonds is 3. The molecule has 0 radical (unpaired) electrons. The average Bonchev–Trinajstić information content (AvgIpc) is 2.66. The van der Waals surface area contributed by atoms with Gasteiger partial charge in [-0.15, -0.1) is 11.3 Å². The van der Waals surface area contributed by atoms with Crippen LogP contribution in [0.15, 0.2) is 14.3 Å². The van der Waals surface area contributed by atoms with Gasteiger partial charge in [-0.05, 0) is 106 Å². The molecule has 4 fully saturated rings. The molecule has 0 aromatic carbocycles. The van der Waals surface area contributed by atoms with Gasteiger partial charge in [0, 0.05) is 15.4 Å². The zero-order valence-corrected chi connectivity index (χ0v) is 16.7. The summed E-state index contributed by atoms with van der Waals surface area (Å²) in [6.45, 7) is 2.56. The second-order valence-corrected chi connectivity index (χ2v) is 11.4. The topological polar surface area (TPSA) is 12.0 Å². The summed E-state index contributed by atoms with van der Waals surface area (Å²) in [6, 6.07) is 2.85. The molecule has 4 heteroatoms. The van der Waals surface area contributed by atoms with Crippen LogP contribution in [-0.4, -0.2) is 7.05 Å². The molecule has 4 bridgehead atoms. The van der Waals surface area contributed by atoms with E-state index in [2.05, 4.69) is 57.2 Å². The van der Waals surface area contributed by atoms with Gasteiger partial charge in [0.1, 0.15) is 0 Å². The normalized spacial score (nSPS) is 42.5. The van der Waals surface area contributed by atoms with Crippen LogP contribution in [0.5, 0.6) is 0 Å². The molecule has 3 atom stereocenters. The van der Waals surface area contributed by atoms with Gasteiger partial charge in [-0.25, -0.2) is 0 Å². The van der Waals surface area contributed by atoms with Crippen molar-refractivity contribution in [3.63, 3.8) is 0 Å². The number of hydrogen-bond donors (Lipinski definition) is 1. The highest BCUT2D eigenvalue weighted by atomic mass is 79.9. The molecule has 1 N–H and O–H groups in total. The summed E-state index contributed by atoms with van der Waals surface area (Å²) in [5.74, 6) is 1.97. The first-order valence-electron chi connectivity index (χ1n) is 8.05. The van der Waals surface area contributed by atoms with Gasteiger partial charge >= 0.3 is 0 Å². The number of halogens is 2. The van der Waals surface area contributed by atoms with Crippen LogP contribution in [0, 0.1) is 22.7 Å². The summed E-state index contributed by atoms with van der Waals surface area (Å²) in [5.41, 5.74) is 1.11. The molecule has 0 spiro atoms. The van der Waals surface area contributed by atoms with Crippen molar-refractivity contribution in [2.75, 3.05) is 7.05 Å². The fourth-order valence-corrected chi connectivity index (χ4v) is 8.73. The van der Waals surface area contributed by atoms with Crippen LogP contribution in [0.4, 0.5) is 0 Å². The first kappa shape index (κ1) is 15.2. The lowest BCUT2D eigenvalue weighted by Gasteiger charge is -2.63. The Morgan fingerprint density at radius 1 is 1.24 bits per heavy atom. The Balaban J connectivity index is 1.73. The van der Waals surface area contributed by atoms with Crippen molar-refractivity contribution < 1.29 is 0 Å². The Hall–Kier alpha value is 0.620. The van der Waals surface area contributed by atoms with Crippen LogP contribution in [0.25, 0.3) is 0 Å². The molecule has 1 aromatic heterocycles. The molecule has 5 rings (SSSR count). The van der Waals surface area contributed by atoms with Gasteiger partial charge < -0.3 is 5.32 Å². The third-order valence-corrected chi connectivity index (χ3v) is 9.57. The fourth-order valence-electron chi connectivity index (χ4n) is 6.39. The van der Waals surface area contributed by atoms with Gasteiger partial charge in [0.2, 0.25) is 0 Å². The van der Waals surface area contributed by atoms with Crippen molar-refractivity contribution >= 4 is 43.2 Å². The Morgan fingerprint density at radius 2 is 1.90 bits per heavy atom. The van der Waals surface area contributed by atoms with Crippen molar-refractivity contribution in [2.24, 2.45) is 22.7 Å². The number of hydrogen-bond acceptors (Lipinski definition) is 2. The zero-order chi connectivity index (χ0) is 14.8. The quantitative estimate of drug-likeness (QED) is 0.604. The van der Waals surface area contributed by atoms with E-state index in [-0.39, 0.29) is 0 Å². The van der Waals surface area contributed by atoms with E-state index >= 15 is 0 Å². The molecular formula is C17H23Br2NS. The third-order valence-electron chi connectivity index (χ3n) is 6.25. The minimum Gasteiger partial charge on any atom is -0.312 e. The Bertz CT molecular complexity index is 534. The fraction of sp³-hybridized carbons (Fsp3) is 0.765. The molecule has 0 amide bonds. The second-order valence-electron chi connectivity index (χ2n) is 8.13. The zero-order valence-electron chi connectivity index (χ0n) is 12.7. The summed E-state index contributed by atoms with van der Waals surface area (Å²) < 4.78 is 2.44. The standard InChI is InChI=1S/C17H23Br2NS/c1-16-5-10-3-11(6-16)8-17(7-10,9-16)14(20-2)13-4-12(18)15(19)21-13/h4,10-11,14,20H,3,5-9H2,1-2H3. The summed E-state index contributed by atoms with van der Waals surface area (Å²) in [4.78, 5) is 1.50. The van der Waals surface area contributed by atoms with Gasteiger partial charge in [0.25, 0.3) is 0 Å². The summed E-state index contributed by atoms with van der Waals surface area (Å²) >= 11 is 9.25. The molecule has 3 unspecified atom stereocenters. The molecule has 0 aliphatic heterocycles. The van der Waals surface area contributed by atoms with Gasteiger partial charge in [-0.3, -0.25) is 0 Å². The first-order valence-corrected chi connectivity index (χ1v) is 10.5. The van der Waals surface area contributed by atoms with E-state index in [0.717, 1.165) is 11.8 Å². The summed E-state index contributed by atoms with van der Waals surface area (Å²) in [6.07, 6.45) is 8.78. The average molecular weight is 433 g/mol. The van der Waals surface area contributed by atoms with Crippen molar-refractivity contribution in [1.29, 1.82) is 0 Å². The van der Waals surface area contributed by atoms with Crippen LogP contribution in [0.2, 0.25) is 0 Å². The van der Waals surface area contributed by atoms with E-state index in [9.17, 15) is 0 Å². The molecule has 4 aliphatic carbocycles. The highest BCUT2D eigenvalue weighted by Gasteiger charge is 2.58. The lowest BCUT2D eigenvalue weighted by molar-refractivity contribution is -0.117. The highest BCUT2D eigenvalue weighted by Crippen LogP contribution is 2.68. The lowest BCUT2D eigenvalue weighted by atomic mass is 9.43. The monoisotopic (exact) mass is 431 g/mol.